The average Bonchev–Trinajstić information content (AvgIpc) is 2.76. The zero-order valence-corrected chi connectivity index (χ0v) is 12.2. The van der Waals surface area contributed by atoms with E-state index in [2.05, 4.69) is 9.88 Å². The van der Waals surface area contributed by atoms with Crippen LogP contribution < -0.4 is 5.73 Å². The summed E-state index contributed by atoms with van der Waals surface area (Å²) >= 11 is 0. The summed E-state index contributed by atoms with van der Waals surface area (Å²) in [5.41, 5.74) is 5.73. The molecule has 2 saturated heterocycles. The van der Waals surface area contributed by atoms with Gasteiger partial charge in [-0.25, -0.2) is 13.4 Å². The predicted octanol–water partition coefficient (Wildman–Crippen LogP) is 0.523. The highest BCUT2D eigenvalue weighted by atomic mass is 32.2. The third kappa shape index (κ3) is 2.41. The SMILES string of the molecule is Nc1ncccc1S(=O)(=O)N1CCCN2CCCC2C1. The number of hydrogen-bond acceptors (Lipinski definition) is 5. The van der Waals surface area contributed by atoms with Crippen molar-refractivity contribution < 1.29 is 8.42 Å². The minimum absolute atomic E-state index is 0.0834. The van der Waals surface area contributed by atoms with Crippen molar-refractivity contribution >= 4 is 15.8 Å². The number of rotatable bonds is 2. The molecule has 0 bridgehead atoms. The topological polar surface area (TPSA) is 79.5 Å². The van der Waals surface area contributed by atoms with Gasteiger partial charge in [-0.05, 0) is 44.5 Å². The summed E-state index contributed by atoms with van der Waals surface area (Å²) in [6.07, 6.45) is 4.62. The van der Waals surface area contributed by atoms with Gasteiger partial charge < -0.3 is 5.73 Å². The molecule has 0 radical (unpaired) electrons. The monoisotopic (exact) mass is 296 g/mol. The van der Waals surface area contributed by atoms with E-state index in [1.807, 2.05) is 0 Å². The number of nitrogen functional groups attached to an aromatic ring is 1. The van der Waals surface area contributed by atoms with Crippen LogP contribution in [-0.2, 0) is 10.0 Å². The molecule has 1 aromatic rings. The Hall–Kier alpha value is -1.18. The highest BCUT2D eigenvalue weighted by molar-refractivity contribution is 7.89. The summed E-state index contributed by atoms with van der Waals surface area (Å²) < 4.78 is 27.1. The normalized spacial score (nSPS) is 25.3. The lowest BCUT2D eigenvalue weighted by atomic mass is 10.2. The molecule has 0 aromatic carbocycles. The van der Waals surface area contributed by atoms with Crippen LogP contribution in [0.2, 0.25) is 0 Å². The van der Waals surface area contributed by atoms with Gasteiger partial charge >= 0.3 is 0 Å². The van der Waals surface area contributed by atoms with Crippen molar-refractivity contribution in [2.75, 3.05) is 31.9 Å². The van der Waals surface area contributed by atoms with Crippen LogP contribution in [0.5, 0.6) is 0 Å². The maximum atomic E-state index is 12.7. The number of sulfonamides is 1. The Balaban J connectivity index is 1.89. The fraction of sp³-hybridized carbons (Fsp3) is 0.615. The van der Waals surface area contributed by atoms with E-state index >= 15 is 0 Å². The maximum Gasteiger partial charge on any atom is 0.246 e. The lowest BCUT2D eigenvalue weighted by Crippen LogP contribution is -2.39. The van der Waals surface area contributed by atoms with Crippen molar-refractivity contribution in [3.05, 3.63) is 18.3 Å². The quantitative estimate of drug-likeness (QED) is 0.861. The number of anilines is 1. The van der Waals surface area contributed by atoms with E-state index in [-0.39, 0.29) is 10.7 Å². The molecule has 1 unspecified atom stereocenters. The molecule has 3 rings (SSSR count). The number of pyridine rings is 1. The molecule has 2 aliphatic heterocycles. The smallest absolute Gasteiger partial charge is 0.246 e. The molecule has 110 valence electrons. The van der Waals surface area contributed by atoms with Crippen LogP contribution in [0.4, 0.5) is 5.82 Å². The number of nitrogens with zero attached hydrogens (tertiary/aromatic N) is 3. The van der Waals surface area contributed by atoms with E-state index < -0.39 is 10.0 Å². The zero-order valence-electron chi connectivity index (χ0n) is 11.4. The first-order chi connectivity index (χ1) is 9.59. The van der Waals surface area contributed by atoms with Crippen LogP contribution in [0.3, 0.4) is 0 Å². The second kappa shape index (κ2) is 5.31. The van der Waals surface area contributed by atoms with Gasteiger partial charge in [0.25, 0.3) is 0 Å². The van der Waals surface area contributed by atoms with Gasteiger partial charge in [-0.3, -0.25) is 4.90 Å². The maximum absolute atomic E-state index is 12.7. The van der Waals surface area contributed by atoms with Crippen molar-refractivity contribution in [1.29, 1.82) is 0 Å². The van der Waals surface area contributed by atoms with E-state index in [4.69, 9.17) is 5.73 Å². The molecule has 0 amide bonds. The molecule has 7 heteroatoms. The summed E-state index contributed by atoms with van der Waals surface area (Å²) in [6, 6.07) is 3.50. The fourth-order valence-electron chi connectivity index (χ4n) is 3.15. The third-order valence-electron chi connectivity index (χ3n) is 4.18. The molecule has 1 atom stereocenters. The lowest BCUT2D eigenvalue weighted by molar-refractivity contribution is 0.257. The van der Waals surface area contributed by atoms with Gasteiger partial charge in [0.1, 0.15) is 10.7 Å². The molecule has 3 heterocycles. The summed E-state index contributed by atoms with van der Waals surface area (Å²) in [5, 5.41) is 0. The van der Waals surface area contributed by atoms with Crippen molar-refractivity contribution in [2.45, 2.75) is 30.2 Å². The van der Waals surface area contributed by atoms with Gasteiger partial charge in [0.2, 0.25) is 10.0 Å². The summed E-state index contributed by atoms with van der Waals surface area (Å²) in [6.45, 7) is 3.20. The van der Waals surface area contributed by atoms with Crippen molar-refractivity contribution in [1.82, 2.24) is 14.2 Å². The van der Waals surface area contributed by atoms with Crippen LogP contribution in [0.1, 0.15) is 19.3 Å². The highest BCUT2D eigenvalue weighted by Crippen LogP contribution is 2.26. The first-order valence-corrected chi connectivity index (χ1v) is 8.48. The molecule has 2 fully saturated rings. The minimum atomic E-state index is -3.54. The number of aromatic nitrogens is 1. The molecule has 6 nitrogen and oxygen atoms in total. The Morgan fingerprint density at radius 2 is 2.05 bits per heavy atom. The molecular weight excluding hydrogens is 276 g/mol. The summed E-state index contributed by atoms with van der Waals surface area (Å²) in [7, 11) is -3.54. The fourth-order valence-corrected chi connectivity index (χ4v) is 4.73. The standard InChI is InChI=1S/C13H20N4O2S/c14-13-12(5-1-6-15-13)20(18,19)17-9-3-8-16-7-2-4-11(16)10-17/h1,5-6,11H,2-4,7-10H2,(H2,14,15). The second-order valence-electron chi connectivity index (χ2n) is 5.44. The van der Waals surface area contributed by atoms with E-state index in [1.165, 1.54) is 12.3 Å². The van der Waals surface area contributed by atoms with Crippen molar-refractivity contribution in [2.24, 2.45) is 0 Å². The molecule has 20 heavy (non-hydrogen) atoms. The van der Waals surface area contributed by atoms with Gasteiger partial charge in [-0.1, -0.05) is 0 Å². The van der Waals surface area contributed by atoms with E-state index in [0.29, 0.717) is 19.1 Å². The Morgan fingerprint density at radius 3 is 2.85 bits per heavy atom. The summed E-state index contributed by atoms with van der Waals surface area (Å²) in [4.78, 5) is 6.43. The molecule has 0 saturated carbocycles. The van der Waals surface area contributed by atoms with Crippen molar-refractivity contribution in [3.8, 4) is 0 Å². The Kier molecular flexibility index (Phi) is 3.66. The van der Waals surface area contributed by atoms with Crippen LogP contribution in [0.25, 0.3) is 0 Å². The Bertz CT molecular complexity index is 590. The van der Waals surface area contributed by atoms with Crippen LogP contribution >= 0.6 is 0 Å². The zero-order chi connectivity index (χ0) is 14.2. The Morgan fingerprint density at radius 1 is 1.25 bits per heavy atom. The molecular formula is C13H20N4O2S. The van der Waals surface area contributed by atoms with Gasteiger partial charge in [0, 0.05) is 25.3 Å². The lowest BCUT2D eigenvalue weighted by Gasteiger charge is -2.25. The molecule has 2 N–H and O–H groups in total. The first kappa shape index (κ1) is 13.8. The molecule has 1 aromatic heterocycles. The van der Waals surface area contributed by atoms with E-state index in [9.17, 15) is 8.42 Å². The van der Waals surface area contributed by atoms with Crippen molar-refractivity contribution in [3.63, 3.8) is 0 Å². The summed E-state index contributed by atoms with van der Waals surface area (Å²) in [5.74, 6) is 0.0834. The van der Waals surface area contributed by atoms with E-state index in [1.54, 1.807) is 10.4 Å². The van der Waals surface area contributed by atoms with Gasteiger partial charge in [0.15, 0.2) is 0 Å². The van der Waals surface area contributed by atoms with Crippen LogP contribution in [-0.4, -0.2) is 54.8 Å². The minimum Gasteiger partial charge on any atom is -0.383 e. The molecule has 2 aliphatic rings. The van der Waals surface area contributed by atoms with E-state index in [0.717, 1.165) is 32.4 Å². The van der Waals surface area contributed by atoms with Gasteiger partial charge in [-0.2, -0.15) is 4.31 Å². The third-order valence-corrected chi connectivity index (χ3v) is 6.10. The van der Waals surface area contributed by atoms with Crippen LogP contribution in [0.15, 0.2) is 23.2 Å². The first-order valence-electron chi connectivity index (χ1n) is 7.04. The Labute approximate surface area is 119 Å². The highest BCUT2D eigenvalue weighted by Gasteiger charge is 2.35. The molecule has 0 spiro atoms. The van der Waals surface area contributed by atoms with Gasteiger partial charge in [-0.15, -0.1) is 0 Å². The second-order valence-corrected chi connectivity index (χ2v) is 7.34. The van der Waals surface area contributed by atoms with Gasteiger partial charge in [0.05, 0.1) is 0 Å². The number of hydrogen-bond donors (Lipinski definition) is 1. The predicted molar refractivity (Wildman–Crippen MR) is 76.6 cm³/mol. The van der Waals surface area contributed by atoms with Crippen LogP contribution in [0, 0.1) is 0 Å². The molecule has 0 aliphatic carbocycles. The largest absolute Gasteiger partial charge is 0.383 e. The number of fused-ring (bicyclic) bond motifs is 1. The number of nitrogens with two attached hydrogens (primary N) is 1. The average molecular weight is 296 g/mol.